The molecule has 0 fully saturated rings. The maximum Gasteiger partial charge on any atom is 1.00 e. The number of para-hydroxylation sites is 1. The van der Waals surface area contributed by atoms with E-state index in [0.29, 0.717) is 5.56 Å². The van der Waals surface area contributed by atoms with E-state index in [1.165, 1.54) is 30.3 Å². The molecule has 1 aromatic heterocycles. The molecule has 0 spiro atoms. The van der Waals surface area contributed by atoms with Crippen LogP contribution in [0.1, 0.15) is 18.5 Å². The Bertz CT molecular complexity index is 1020. The van der Waals surface area contributed by atoms with Gasteiger partial charge in [-0.3, -0.25) is 20.2 Å². The molecule has 0 saturated heterocycles. The van der Waals surface area contributed by atoms with Gasteiger partial charge in [0.05, 0.1) is 33.2 Å². The molecule has 25 heavy (non-hydrogen) atoms. The van der Waals surface area contributed by atoms with Crippen LogP contribution in [0.5, 0.6) is 0 Å². The van der Waals surface area contributed by atoms with Gasteiger partial charge in [-0.05, 0) is 6.07 Å². The molecule has 9 nitrogen and oxygen atoms in total. The summed E-state index contributed by atoms with van der Waals surface area (Å²) in [4.78, 5) is 21.1. The van der Waals surface area contributed by atoms with Crippen LogP contribution in [0.15, 0.2) is 36.4 Å². The molecule has 0 aliphatic heterocycles. The second-order valence-electron chi connectivity index (χ2n) is 4.77. The van der Waals surface area contributed by atoms with Gasteiger partial charge in [-0.1, -0.05) is 18.2 Å². The summed E-state index contributed by atoms with van der Waals surface area (Å²) in [7, 11) is 0. The largest absolute Gasteiger partial charge is 1.00 e. The van der Waals surface area contributed by atoms with Crippen molar-refractivity contribution < 1.29 is 40.8 Å². The number of rotatable bonds is 4. The summed E-state index contributed by atoms with van der Waals surface area (Å²) in [6.45, 7) is 0. The molecule has 0 amide bonds. The molecule has 0 aliphatic rings. The first kappa shape index (κ1) is 18.9. The van der Waals surface area contributed by atoms with Crippen LogP contribution < -0.4 is 29.6 Å². The molecule has 3 aromatic rings. The molecule has 3 rings (SSSR count). The Morgan fingerprint density at radius 1 is 1.00 bits per heavy atom. The van der Waals surface area contributed by atoms with E-state index in [1.54, 1.807) is 6.07 Å². The molecule has 0 bridgehead atoms. The van der Waals surface area contributed by atoms with Gasteiger partial charge in [0.1, 0.15) is 11.4 Å². The Morgan fingerprint density at radius 2 is 1.64 bits per heavy atom. The smallest absolute Gasteiger partial charge is 1.00 e. The number of nitro benzene ring substituents is 2. The third-order valence-electron chi connectivity index (χ3n) is 3.51. The number of non-ortho nitro benzene ring substituents is 1. The van der Waals surface area contributed by atoms with Crippen molar-refractivity contribution in [1.82, 2.24) is 8.75 Å². The van der Waals surface area contributed by atoms with Crippen LogP contribution >= 0.6 is 11.7 Å². The Labute approximate surface area is 168 Å². The van der Waals surface area contributed by atoms with Gasteiger partial charge in [-0.2, -0.15) is 14.0 Å². The van der Waals surface area contributed by atoms with Gasteiger partial charge in [-0.15, -0.1) is 0 Å². The van der Waals surface area contributed by atoms with Crippen molar-refractivity contribution in [2.75, 3.05) is 0 Å². The van der Waals surface area contributed by atoms with E-state index >= 15 is 0 Å². The Balaban J connectivity index is 0.00000169. The molecule has 2 aromatic carbocycles. The van der Waals surface area contributed by atoms with Crippen LogP contribution in [-0.2, 0) is 0 Å². The van der Waals surface area contributed by atoms with E-state index in [2.05, 4.69) is 8.75 Å². The molecule has 120 valence electrons. The van der Waals surface area contributed by atoms with Gasteiger partial charge in [-0.25, -0.2) is 0 Å². The van der Waals surface area contributed by atoms with Crippen LogP contribution in [0.2, 0.25) is 0 Å². The summed E-state index contributed by atoms with van der Waals surface area (Å²) in [5.74, 6) is -0.987. The quantitative estimate of drug-likeness (QED) is 0.368. The van der Waals surface area contributed by atoms with Crippen molar-refractivity contribution in [3.63, 3.8) is 0 Å². The van der Waals surface area contributed by atoms with E-state index in [4.69, 9.17) is 0 Å². The number of hydrogen-bond acceptors (Lipinski definition) is 8. The predicted octanol–water partition coefficient (Wildman–Crippen LogP) is 0.280. The van der Waals surface area contributed by atoms with Crippen LogP contribution in [-0.4, -0.2) is 18.6 Å². The summed E-state index contributed by atoms with van der Waals surface area (Å²) < 4.78 is 7.95. The number of nitro groups is 2. The van der Waals surface area contributed by atoms with Crippen molar-refractivity contribution in [1.29, 1.82) is 5.26 Å². The number of benzene rings is 2. The first-order chi connectivity index (χ1) is 11.5. The standard InChI is InChI=1S/C14H7N5O4S.Na.H/c15-7-10(8-3-1-2-4-11(8)18(20)21)9-5-6-12(19(22)23)14-13(9)16-24-17-14;;/h1-6,10H;;/q;+1;-1. The zero-order valence-electron chi connectivity index (χ0n) is 13.8. The van der Waals surface area contributed by atoms with Crippen LogP contribution in [0.25, 0.3) is 11.0 Å². The van der Waals surface area contributed by atoms with Gasteiger partial charge in [0.15, 0.2) is 5.52 Å². The van der Waals surface area contributed by atoms with Gasteiger partial charge in [0.25, 0.3) is 11.4 Å². The average Bonchev–Trinajstić information content (AvgIpc) is 3.05. The van der Waals surface area contributed by atoms with Gasteiger partial charge >= 0.3 is 29.6 Å². The predicted molar refractivity (Wildman–Crippen MR) is 85.7 cm³/mol. The van der Waals surface area contributed by atoms with Crippen molar-refractivity contribution in [2.24, 2.45) is 0 Å². The van der Waals surface area contributed by atoms with Crippen LogP contribution in [0.4, 0.5) is 11.4 Å². The first-order valence-electron chi connectivity index (χ1n) is 6.57. The third-order valence-corrected chi connectivity index (χ3v) is 4.04. The van der Waals surface area contributed by atoms with E-state index < -0.39 is 15.8 Å². The number of nitrogens with zero attached hydrogens (tertiary/aromatic N) is 5. The second-order valence-corrected chi connectivity index (χ2v) is 5.30. The molecule has 1 unspecified atom stereocenters. The number of aromatic nitrogens is 2. The molecular formula is C14H8N5NaO4S. The van der Waals surface area contributed by atoms with Gasteiger partial charge < -0.3 is 1.43 Å². The fraction of sp³-hybridized carbons (Fsp3) is 0.0714. The molecule has 1 heterocycles. The first-order valence-corrected chi connectivity index (χ1v) is 7.30. The van der Waals surface area contributed by atoms with Crippen molar-refractivity contribution in [3.8, 4) is 6.07 Å². The normalized spacial score (nSPS) is 11.3. The minimum atomic E-state index is -0.987. The molecule has 0 aliphatic carbocycles. The average molecular weight is 365 g/mol. The zero-order valence-corrected chi connectivity index (χ0v) is 15.6. The summed E-state index contributed by atoms with van der Waals surface area (Å²) in [5.41, 5.74) is 0.412. The van der Waals surface area contributed by atoms with Crippen molar-refractivity contribution >= 4 is 34.1 Å². The zero-order chi connectivity index (χ0) is 17.3. The van der Waals surface area contributed by atoms with E-state index in [1.807, 2.05) is 6.07 Å². The molecule has 11 heteroatoms. The molecular weight excluding hydrogens is 357 g/mol. The molecule has 1 atom stereocenters. The monoisotopic (exact) mass is 365 g/mol. The SMILES string of the molecule is N#CC(c1ccccc1[N+](=O)[O-])c1ccc([N+](=O)[O-])c2nsnc12.[H-].[Na+]. The second kappa shape index (κ2) is 7.62. The maximum atomic E-state index is 11.2. The molecule has 0 saturated carbocycles. The van der Waals surface area contributed by atoms with Gasteiger partial charge in [0.2, 0.25) is 0 Å². The van der Waals surface area contributed by atoms with Crippen molar-refractivity contribution in [3.05, 3.63) is 67.8 Å². The molecule has 0 radical (unpaired) electrons. The summed E-state index contributed by atoms with van der Waals surface area (Å²) >= 11 is 0.784. The number of hydrogen-bond donors (Lipinski definition) is 0. The summed E-state index contributed by atoms with van der Waals surface area (Å²) in [6, 6.07) is 10.5. The number of fused-ring (bicyclic) bond motifs is 1. The summed E-state index contributed by atoms with van der Waals surface area (Å²) in [5, 5.41) is 31.8. The van der Waals surface area contributed by atoms with Gasteiger partial charge in [0, 0.05) is 17.7 Å². The fourth-order valence-electron chi connectivity index (χ4n) is 2.46. The minimum Gasteiger partial charge on any atom is -1.00 e. The fourth-order valence-corrected chi connectivity index (χ4v) is 3.03. The maximum absolute atomic E-state index is 11.2. The molecule has 0 N–H and O–H groups in total. The Kier molecular flexibility index (Phi) is 5.76. The van der Waals surface area contributed by atoms with E-state index in [-0.39, 0.29) is 59.0 Å². The van der Waals surface area contributed by atoms with Crippen molar-refractivity contribution in [2.45, 2.75) is 5.92 Å². The third kappa shape index (κ3) is 3.35. The Morgan fingerprint density at radius 3 is 2.28 bits per heavy atom. The van der Waals surface area contributed by atoms with E-state index in [9.17, 15) is 25.5 Å². The number of nitriles is 1. The van der Waals surface area contributed by atoms with E-state index in [0.717, 1.165) is 11.7 Å². The van der Waals surface area contributed by atoms with Crippen LogP contribution in [0, 0.1) is 31.6 Å². The summed E-state index contributed by atoms with van der Waals surface area (Å²) in [6.07, 6.45) is 0. The topological polar surface area (TPSA) is 136 Å². The Hall–Kier alpha value is -2.45. The van der Waals surface area contributed by atoms with Crippen LogP contribution in [0.3, 0.4) is 0 Å². The minimum absolute atomic E-state index is 0.